The third-order valence-electron chi connectivity index (χ3n) is 2.37. The molecule has 1 rings (SSSR count). The summed E-state index contributed by atoms with van der Waals surface area (Å²) in [5.74, 6) is 0.805. The molecule has 16 heavy (non-hydrogen) atoms. The number of aromatic nitrogens is 1. The molecule has 1 heterocycles. The summed E-state index contributed by atoms with van der Waals surface area (Å²) in [4.78, 5) is 6.34. The molecule has 0 radical (unpaired) electrons. The number of ether oxygens (including phenoxy) is 1. The molecule has 0 amide bonds. The topological polar surface area (TPSA) is 37.4 Å². The maximum atomic E-state index is 5.18. The van der Waals surface area contributed by atoms with Crippen LogP contribution in [-0.4, -0.2) is 44.2 Å². The van der Waals surface area contributed by atoms with Gasteiger partial charge in [0.15, 0.2) is 0 Å². The van der Waals surface area contributed by atoms with E-state index in [4.69, 9.17) is 4.74 Å². The molecule has 4 heteroatoms. The molecule has 0 spiro atoms. The Bertz CT molecular complexity index is 315. The van der Waals surface area contributed by atoms with Crippen LogP contribution in [0.5, 0.6) is 5.75 Å². The zero-order chi connectivity index (χ0) is 12.0. The van der Waals surface area contributed by atoms with E-state index in [0.29, 0.717) is 6.04 Å². The van der Waals surface area contributed by atoms with Crippen molar-refractivity contribution in [1.29, 1.82) is 0 Å². The third kappa shape index (κ3) is 3.79. The van der Waals surface area contributed by atoms with Gasteiger partial charge in [-0.15, -0.1) is 0 Å². The van der Waals surface area contributed by atoms with Crippen molar-refractivity contribution >= 4 is 0 Å². The quantitative estimate of drug-likeness (QED) is 0.789. The van der Waals surface area contributed by atoms with Crippen LogP contribution in [0.4, 0.5) is 0 Å². The van der Waals surface area contributed by atoms with Gasteiger partial charge in [0.1, 0.15) is 5.75 Å². The summed E-state index contributed by atoms with van der Waals surface area (Å²) < 4.78 is 5.18. The molecule has 4 nitrogen and oxygen atoms in total. The van der Waals surface area contributed by atoms with E-state index >= 15 is 0 Å². The average Bonchev–Trinajstić information content (AvgIpc) is 2.28. The van der Waals surface area contributed by atoms with Gasteiger partial charge < -0.3 is 15.0 Å². The van der Waals surface area contributed by atoms with E-state index in [2.05, 4.69) is 36.2 Å². The number of hydrogen-bond donors (Lipinski definition) is 1. The minimum Gasteiger partial charge on any atom is -0.495 e. The van der Waals surface area contributed by atoms with Crippen molar-refractivity contribution in [3.8, 4) is 5.75 Å². The number of rotatable bonds is 6. The van der Waals surface area contributed by atoms with Crippen molar-refractivity contribution in [1.82, 2.24) is 15.2 Å². The van der Waals surface area contributed by atoms with Crippen molar-refractivity contribution in [2.24, 2.45) is 0 Å². The lowest BCUT2D eigenvalue weighted by Crippen LogP contribution is -2.31. The zero-order valence-corrected chi connectivity index (χ0v) is 10.5. The summed E-state index contributed by atoms with van der Waals surface area (Å²) in [6.45, 7) is 3.99. The fourth-order valence-corrected chi connectivity index (χ4v) is 1.64. The molecule has 1 unspecified atom stereocenters. The second-order valence-electron chi connectivity index (χ2n) is 4.03. The average molecular weight is 223 g/mol. The van der Waals surface area contributed by atoms with E-state index in [9.17, 15) is 0 Å². The van der Waals surface area contributed by atoms with Gasteiger partial charge in [-0.05, 0) is 32.3 Å². The van der Waals surface area contributed by atoms with Crippen LogP contribution in [0.1, 0.15) is 18.5 Å². The zero-order valence-electron chi connectivity index (χ0n) is 10.5. The van der Waals surface area contributed by atoms with E-state index in [-0.39, 0.29) is 0 Å². The van der Waals surface area contributed by atoms with Gasteiger partial charge in [0.05, 0.1) is 13.3 Å². The van der Waals surface area contributed by atoms with Crippen molar-refractivity contribution in [2.45, 2.75) is 13.0 Å². The van der Waals surface area contributed by atoms with Crippen LogP contribution in [0.15, 0.2) is 18.5 Å². The fourth-order valence-electron chi connectivity index (χ4n) is 1.64. The maximum Gasteiger partial charge on any atom is 0.137 e. The van der Waals surface area contributed by atoms with Gasteiger partial charge in [0, 0.05) is 18.8 Å². The minimum absolute atomic E-state index is 0.294. The van der Waals surface area contributed by atoms with Crippen LogP contribution >= 0.6 is 0 Å². The van der Waals surface area contributed by atoms with Gasteiger partial charge >= 0.3 is 0 Å². The number of likely N-dealkylation sites (N-methyl/N-ethyl adjacent to an activating group) is 2. The Morgan fingerprint density at radius 1 is 1.44 bits per heavy atom. The number of nitrogens with one attached hydrogen (secondary N) is 1. The van der Waals surface area contributed by atoms with Crippen molar-refractivity contribution in [3.05, 3.63) is 24.0 Å². The monoisotopic (exact) mass is 223 g/mol. The van der Waals surface area contributed by atoms with Crippen LogP contribution in [0.3, 0.4) is 0 Å². The Labute approximate surface area is 97.6 Å². The smallest absolute Gasteiger partial charge is 0.137 e. The third-order valence-corrected chi connectivity index (χ3v) is 2.37. The standard InChI is InChI=1S/C12H21N3O/c1-5-14-12(9-15(2)3)10-6-11(16-4)8-13-7-10/h6-8,12,14H,5,9H2,1-4H3. The Morgan fingerprint density at radius 2 is 2.19 bits per heavy atom. The van der Waals surface area contributed by atoms with E-state index in [1.807, 2.05) is 12.3 Å². The first kappa shape index (κ1) is 12.9. The lowest BCUT2D eigenvalue weighted by molar-refractivity contribution is 0.343. The van der Waals surface area contributed by atoms with Crippen LogP contribution in [0, 0.1) is 0 Å². The molecule has 0 bridgehead atoms. The number of pyridine rings is 1. The second-order valence-corrected chi connectivity index (χ2v) is 4.03. The first-order chi connectivity index (χ1) is 7.67. The van der Waals surface area contributed by atoms with E-state index in [0.717, 1.165) is 24.4 Å². The van der Waals surface area contributed by atoms with Gasteiger partial charge in [-0.2, -0.15) is 0 Å². The minimum atomic E-state index is 0.294. The summed E-state index contributed by atoms with van der Waals surface area (Å²) >= 11 is 0. The van der Waals surface area contributed by atoms with Gasteiger partial charge in [0.2, 0.25) is 0 Å². The molecule has 1 aromatic heterocycles. The Morgan fingerprint density at radius 3 is 2.75 bits per heavy atom. The van der Waals surface area contributed by atoms with Gasteiger partial charge in [-0.1, -0.05) is 6.92 Å². The summed E-state index contributed by atoms with van der Waals surface area (Å²) in [7, 11) is 5.80. The summed E-state index contributed by atoms with van der Waals surface area (Å²) in [6, 6.07) is 2.33. The highest BCUT2D eigenvalue weighted by Gasteiger charge is 2.12. The van der Waals surface area contributed by atoms with Crippen LogP contribution in [0.25, 0.3) is 0 Å². The van der Waals surface area contributed by atoms with E-state index in [1.165, 1.54) is 0 Å². The molecule has 0 aromatic carbocycles. The van der Waals surface area contributed by atoms with E-state index in [1.54, 1.807) is 13.3 Å². The van der Waals surface area contributed by atoms with Crippen molar-refractivity contribution in [2.75, 3.05) is 34.3 Å². The molecule has 0 aliphatic carbocycles. The van der Waals surface area contributed by atoms with E-state index < -0.39 is 0 Å². The predicted molar refractivity (Wildman–Crippen MR) is 65.8 cm³/mol. The molecule has 1 N–H and O–H groups in total. The second kappa shape index (κ2) is 6.45. The number of hydrogen-bond acceptors (Lipinski definition) is 4. The van der Waals surface area contributed by atoms with Crippen LogP contribution in [0.2, 0.25) is 0 Å². The number of nitrogens with zero attached hydrogens (tertiary/aromatic N) is 2. The highest BCUT2D eigenvalue weighted by molar-refractivity contribution is 5.26. The largest absolute Gasteiger partial charge is 0.495 e. The molecule has 90 valence electrons. The molecule has 1 aromatic rings. The normalized spacial score (nSPS) is 12.8. The summed E-state index contributed by atoms with van der Waals surface area (Å²) in [6.07, 6.45) is 3.61. The lowest BCUT2D eigenvalue weighted by Gasteiger charge is -2.22. The Kier molecular flexibility index (Phi) is 5.22. The molecular weight excluding hydrogens is 202 g/mol. The Hall–Kier alpha value is -1.13. The predicted octanol–water partition coefficient (Wildman–Crippen LogP) is 1.30. The lowest BCUT2D eigenvalue weighted by atomic mass is 10.1. The van der Waals surface area contributed by atoms with Crippen molar-refractivity contribution in [3.63, 3.8) is 0 Å². The summed E-state index contributed by atoms with van der Waals surface area (Å²) in [5.41, 5.74) is 1.16. The first-order valence-corrected chi connectivity index (χ1v) is 5.54. The molecule has 0 saturated heterocycles. The fraction of sp³-hybridized carbons (Fsp3) is 0.583. The van der Waals surface area contributed by atoms with Gasteiger partial charge in [0.25, 0.3) is 0 Å². The van der Waals surface area contributed by atoms with Crippen LogP contribution in [-0.2, 0) is 0 Å². The molecule has 0 fully saturated rings. The SMILES string of the molecule is CCNC(CN(C)C)c1cncc(OC)c1. The Balaban J connectivity index is 2.82. The highest BCUT2D eigenvalue weighted by Crippen LogP contribution is 2.17. The van der Waals surface area contributed by atoms with Gasteiger partial charge in [-0.25, -0.2) is 0 Å². The molecular formula is C12H21N3O. The van der Waals surface area contributed by atoms with Crippen LogP contribution < -0.4 is 10.1 Å². The first-order valence-electron chi connectivity index (χ1n) is 5.54. The van der Waals surface area contributed by atoms with Gasteiger partial charge in [-0.3, -0.25) is 4.98 Å². The maximum absolute atomic E-state index is 5.18. The highest BCUT2D eigenvalue weighted by atomic mass is 16.5. The molecule has 0 saturated carbocycles. The molecule has 1 atom stereocenters. The number of methoxy groups -OCH3 is 1. The molecule has 0 aliphatic rings. The molecule has 0 aliphatic heterocycles. The van der Waals surface area contributed by atoms with Crippen molar-refractivity contribution < 1.29 is 4.74 Å². The summed E-state index contributed by atoms with van der Waals surface area (Å²) in [5, 5.41) is 3.44.